The summed E-state index contributed by atoms with van der Waals surface area (Å²) in [6.07, 6.45) is 1.11. The Hall–Kier alpha value is -2.34. The van der Waals surface area contributed by atoms with E-state index in [-0.39, 0.29) is 11.9 Å². The molecule has 0 aromatic heterocycles. The van der Waals surface area contributed by atoms with Crippen LogP contribution in [0.2, 0.25) is 0 Å². The van der Waals surface area contributed by atoms with Crippen molar-refractivity contribution < 1.29 is 13.2 Å². The zero-order valence-corrected chi connectivity index (χ0v) is 16.0. The molecule has 0 spiro atoms. The van der Waals surface area contributed by atoms with Crippen molar-refractivity contribution in [2.45, 2.75) is 26.8 Å². The van der Waals surface area contributed by atoms with Crippen molar-refractivity contribution in [3.05, 3.63) is 64.7 Å². The highest BCUT2D eigenvalue weighted by atomic mass is 32.2. The van der Waals surface area contributed by atoms with Gasteiger partial charge in [-0.15, -0.1) is 0 Å². The van der Waals surface area contributed by atoms with Crippen LogP contribution in [0.3, 0.4) is 0 Å². The summed E-state index contributed by atoms with van der Waals surface area (Å²) >= 11 is 0. The maximum Gasteiger partial charge on any atom is 0.253 e. The lowest BCUT2D eigenvalue weighted by atomic mass is 10.0. The van der Waals surface area contributed by atoms with Crippen LogP contribution in [0.4, 0.5) is 5.69 Å². The average molecular weight is 360 g/mol. The van der Waals surface area contributed by atoms with E-state index in [9.17, 15) is 13.2 Å². The van der Waals surface area contributed by atoms with Crippen LogP contribution in [-0.4, -0.2) is 27.6 Å². The van der Waals surface area contributed by atoms with Gasteiger partial charge in [0.05, 0.1) is 23.5 Å². The zero-order valence-electron chi connectivity index (χ0n) is 15.2. The first-order chi connectivity index (χ1) is 11.6. The highest BCUT2D eigenvalue weighted by molar-refractivity contribution is 7.92. The molecule has 134 valence electrons. The Morgan fingerprint density at radius 1 is 1.08 bits per heavy atom. The van der Waals surface area contributed by atoms with E-state index in [0.717, 1.165) is 21.7 Å². The van der Waals surface area contributed by atoms with Gasteiger partial charge >= 0.3 is 0 Å². The van der Waals surface area contributed by atoms with Crippen molar-refractivity contribution in [3.63, 3.8) is 0 Å². The number of hydrogen-bond acceptors (Lipinski definition) is 3. The lowest BCUT2D eigenvalue weighted by Crippen LogP contribution is -2.31. The molecule has 0 radical (unpaired) electrons. The predicted molar refractivity (Wildman–Crippen MR) is 101 cm³/mol. The van der Waals surface area contributed by atoms with Gasteiger partial charge in [0.1, 0.15) is 0 Å². The fourth-order valence-electron chi connectivity index (χ4n) is 2.51. The second-order valence-electron chi connectivity index (χ2n) is 6.29. The molecule has 2 aromatic carbocycles. The fourth-order valence-corrected chi connectivity index (χ4v) is 3.03. The number of carbonyl (C=O) groups is 1. The number of amides is 1. The molecule has 0 fully saturated rings. The Labute approximate surface area is 149 Å². The lowest BCUT2D eigenvalue weighted by Gasteiger charge is -2.21. The predicted octanol–water partition coefficient (Wildman–Crippen LogP) is 3.19. The van der Waals surface area contributed by atoms with Crippen LogP contribution < -0.4 is 9.62 Å². The molecule has 0 saturated heterocycles. The molecule has 0 saturated carbocycles. The van der Waals surface area contributed by atoms with E-state index in [2.05, 4.69) is 11.4 Å². The molecule has 0 aliphatic heterocycles. The van der Waals surface area contributed by atoms with Crippen molar-refractivity contribution in [2.75, 3.05) is 17.6 Å². The molecule has 1 N–H and O–H groups in total. The molecular formula is C19H24N2O3S. The molecule has 25 heavy (non-hydrogen) atoms. The third-order valence-corrected chi connectivity index (χ3v) is 5.56. The highest BCUT2D eigenvalue weighted by Gasteiger charge is 2.20. The van der Waals surface area contributed by atoms with Gasteiger partial charge in [0.15, 0.2) is 0 Å². The molecule has 2 rings (SSSR count). The first-order valence-electron chi connectivity index (χ1n) is 8.02. The fraction of sp³-hybridized carbons (Fsp3) is 0.316. The minimum absolute atomic E-state index is 0.191. The normalized spacial score (nSPS) is 12.5. The Morgan fingerprint density at radius 2 is 1.72 bits per heavy atom. The molecule has 6 heteroatoms. The van der Waals surface area contributed by atoms with Gasteiger partial charge in [0, 0.05) is 7.05 Å². The van der Waals surface area contributed by atoms with Gasteiger partial charge in [-0.25, -0.2) is 8.42 Å². The molecule has 0 unspecified atom stereocenters. The standard InChI is InChI=1S/C19H24N2O3S/c1-13-10-11-16(12-14(13)2)15(3)20-19(22)17-8-6-7-9-18(17)21(4)25(5,23)24/h6-12,15H,1-5H3,(H,20,22)/t15-/m0/s1. The number of carbonyl (C=O) groups excluding carboxylic acids is 1. The number of para-hydroxylation sites is 1. The highest BCUT2D eigenvalue weighted by Crippen LogP contribution is 2.23. The van der Waals surface area contributed by atoms with E-state index >= 15 is 0 Å². The summed E-state index contributed by atoms with van der Waals surface area (Å²) in [6, 6.07) is 12.5. The monoisotopic (exact) mass is 360 g/mol. The molecule has 5 nitrogen and oxygen atoms in total. The first-order valence-corrected chi connectivity index (χ1v) is 9.87. The maximum absolute atomic E-state index is 12.7. The van der Waals surface area contributed by atoms with Crippen LogP contribution in [-0.2, 0) is 10.0 Å². The summed E-state index contributed by atoms with van der Waals surface area (Å²) in [7, 11) is -2.01. The second-order valence-corrected chi connectivity index (χ2v) is 8.30. The lowest BCUT2D eigenvalue weighted by molar-refractivity contribution is 0.0940. The molecule has 1 atom stereocenters. The minimum Gasteiger partial charge on any atom is -0.345 e. The van der Waals surface area contributed by atoms with Gasteiger partial charge in [0.2, 0.25) is 10.0 Å². The Kier molecular flexibility index (Phi) is 5.52. The van der Waals surface area contributed by atoms with Crippen LogP contribution >= 0.6 is 0 Å². The van der Waals surface area contributed by atoms with Crippen molar-refractivity contribution >= 4 is 21.6 Å². The van der Waals surface area contributed by atoms with Gasteiger partial charge in [-0.05, 0) is 49.6 Å². The number of benzene rings is 2. The van der Waals surface area contributed by atoms with E-state index in [0.29, 0.717) is 11.3 Å². The van der Waals surface area contributed by atoms with E-state index in [4.69, 9.17) is 0 Å². The van der Waals surface area contributed by atoms with Crippen molar-refractivity contribution in [1.29, 1.82) is 0 Å². The summed E-state index contributed by atoms with van der Waals surface area (Å²) in [5, 5.41) is 2.95. The molecule has 0 heterocycles. The molecular weight excluding hydrogens is 336 g/mol. The van der Waals surface area contributed by atoms with E-state index in [1.54, 1.807) is 24.3 Å². The molecule has 2 aromatic rings. The summed E-state index contributed by atoms with van der Waals surface area (Å²) < 4.78 is 24.7. The molecule has 0 aliphatic carbocycles. The Morgan fingerprint density at radius 3 is 2.32 bits per heavy atom. The SMILES string of the molecule is Cc1ccc([C@H](C)NC(=O)c2ccccc2N(C)S(C)(=O)=O)cc1C. The number of rotatable bonds is 5. The zero-order chi connectivity index (χ0) is 18.8. The molecule has 1 amide bonds. The van der Waals surface area contributed by atoms with E-state index in [1.807, 2.05) is 32.9 Å². The number of anilines is 1. The van der Waals surface area contributed by atoms with Gasteiger partial charge in [0.25, 0.3) is 5.91 Å². The average Bonchev–Trinajstić information content (AvgIpc) is 2.55. The van der Waals surface area contributed by atoms with Crippen LogP contribution in [0.5, 0.6) is 0 Å². The van der Waals surface area contributed by atoms with E-state index < -0.39 is 10.0 Å². The van der Waals surface area contributed by atoms with Gasteiger partial charge in [-0.2, -0.15) is 0 Å². The quantitative estimate of drug-likeness (QED) is 0.890. The first kappa shape index (κ1) is 19.0. The van der Waals surface area contributed by atoms with Crippen molar-refractivity contribution in [3.8, 4) is 0 Å². The number of aryl methyl sites for hydroxylation is 2. The second kappa shape index (κ2) is 7.27. The van der Waals surface area contributed by atoms with Crippen LogP contribution in [0.15, 0.2) is 42.5 Å². The van der Waals surface area contributed by atoms with Crippen LogP contribution in [0.25, 0.3) is 0 Å². The summed E-state index contributed by atoms with van der Waals surface area (Å²) in [6.45, 7) is 5.98. The van der Waals surface area contributed by atoms with Crippen LogP contribution in [0.1, 0.15) is 40.0 Å². The van der Waals surface area contributed by atoms with Gasteiger partial charge < -0.3 is 5.32 Å². The van der Waals surface area contributed by atoms with E-state index in [1.165, 1.54) is 12.6 Å². The number of hydrogen-bond donors (Lipinski definition) is 1. The minimum atomic E-state index is -3.45. The largest absolute Gasteiger partial charge is 0.345 e. The summed E-state index contributed by atoms with van der Waals surface area (Å²) in [5.41, 5.74) is 4.05. The third-order valence-electron chi connectivity index (χ3n) is 4.36. The van der Waals surface area contributed by atoms with Crippen LogP contribution in [0, 0.1) is 13.8 Å². The van der Waals surface area contributed by atoms with Gasteiger partial charge in [-0.1, -0.05) is 30.3 Å². The topological polar surface area (TPSA) is 66.5 Å². The number of nitrogens with one attached hydrogen (secondary N) is 1. The number of nitrogens with zero attached hydrogens (tertiary/aromatic N) is 1. The Balaban J connectivity index is 2.28. The number of sulfonamides is 1. The molecule has 0 aliphatic rings. The van der Waals surface area contributed by atoms with Crippen molar-refractivity contribution in [1.82, 2.24) is 5.32 Å². The Bertz CT molecular complexity index is 891. The smallest absolute Gasteiger partial charge is 0.253 e. The summed E-state index contributed by atoms with van der Waals surface area (Å²) in [4.78, 5) is 12.7. The maximum atomic E-state index is 12.7. The van der Waals surface area contributed by atoms with Crippen molar-refractivity contribution in [2.24, 2.45) is 0 Å². The summed E-state index contributed by atoms with van der Waals surface area (Å²) in [5.74, 6) is -0.308. The molecule has 0 bridgehead atoms. The van der Waals surface area contributed by atoms with Gasteiger partial charge in [-0.3, -0.25) is 9.10 Å². The third kappa shape index (κ3) is 4.39.